The summed E-state index contributed by atoms with van der Waals surface area (Å²) in [5, 5.41) is 0. The van der Waals surface area contributed by atoms with E-state index in [1.54, 1.807) is 0 Å². The highest BCUT2D eigenvalue weighted by molar-refractivity contribution is 5.82. The van der Waals surface area contributed by atoms with E-state index >= 15 is 0 Å². The molecule has 0 amide bonds. The fourth-order valence-electron chi connectivity index (χ4n) is 5.80. The molecule has 0 aromatic rings. The van der Waals surface area contributed by atoms with Crippen LogP contribution in [0.15, 0.2) is 0 Å². The Morgan fingerprint density at radius 1 is 1.19 bits per heavy atom. The summed E-state index contributed by atoms with van der Waals surface area (Å²) in [5.74, 6) is 2.74. The number of fused-ring (bicyclic) bond motifs is 1. The molecule has 0 saturated heterocycles. The van der Waals surface area contributed by atoms with Crippen LogP contribution in [-0.2, 0) is 4.79 Å². The number of Topliss-reactive ketones (excluding diaryl/α,β-unsaturated/α-hetero) is 1. The molecular formula is C20H36O. The minimum Gasteiger partial charge on any atom is -0.299 e. The van der Waals surface area contributed by atoms with Crippen molar-refractivity contribution in [1.82, 2.24) is 0 Å². The molecule has 5 atom stereocenters. The van der Waals surface area contributed by atoms with Gasteiger partial charge in [-0.05, 0) is 54.3 Å². The van der Waals surface area contributed by atoms with E-state index in [1.807, 2.05) is 0 Å². The fourth-order valence-corrected chi connectivity index (χ4v) is 5.80. The Morgan fingerprint density at radius 2 is 1.86 bits per heavy atom. The van der Waals surface area contributed by atoms with Crippen LogP contribution in [0.4, 0.5) is 0 Å². The van der Waals surface area contributed by atoms with Crippen molar-refractivity contribution in [3.8, 4) is 0 Å². The van der Waals surface area contributed by atoms with Crippen molar-refractivity contribution in [3.63, 3.8) is 0 Å². The molecule has 122 valence electrons. The maximum atomic E-state index is 13.0. The van der Waals surface area contributed by atoms with E-state index in [1.165, 1.54) is 32.1 Å². The molecule has 0 N–H and O–H groups in total. The first-order chi connectivity index (χ1) is 9.72. The molecule has 0 radical (unpaired) electrons. The maximum absolute atomic E-state index is 13.0. The molecule has 0 aromatic heterocycles. The molecule has 0 aliphatic heterocycles. The Bertz CT molecular complexity index is 383. The summed E-state index contributed by atoms with van der Waals surface area (Å²) in [7, 11) is 0. The summed E-state index contributed by atoms with van der Waals surface area (Å²) < 4.78 is 0. The van der Waals surface area contributed by atoms with Crippen LogP contribution in [-0.4, -0.2) is 5.78 Å². The first kappa shape index (κ1) is 17.0. The predicted molar refractivity (Wildman–Crippen MR) is 90.2 cm³/mol. The molecule has 0 spiro atoms. The lowest BCUT2D eigenvalue weighted by atomic mass is 9.46. The Kier molecular flexibility index (Phi) is 4.90. The van der Waals surface area contributed by atoms with E-state index in [9.17, 15) is 4.79 Å². The molecule has 0 unspecified atom stereocenters. The first-order valence-corrected chi connectivity index (χ1v) is 9.25. The third-order valence-corrected chi connectivity index (χ3v) is 7.06. The number of carbonyl (C=O) groups is 1. The Hall–Kier alpha value is -0.330. The summed E-state index contributed by atoms with van der Waals surface area (Å²) in [6.07, 6.45) is 8.42. The second-order valence-corrected chi connectivity index (χ2v) is 9.12. The summed E-state index contributed by atoms with van der Waals surface area (Å²) in [5.41, 5.74) is 0.673. The summed E-state index contributed by atoms with van der Waals surface area (Å²) >= 11 is 0. The average molecular weight is 293 g/mol. The van der Waals surface area contributed by atoms with Gasteiger partial charge in [0.2, 0.25) is 0 Å². The van der Waals surface area contributed by atoms with Gasteiger partial charge in [-0.1, -0.05) is 54.4 Å². The highest BCUT2D eigenvalue weighted by Gasteiger charge is 2.55. The molecule has 1 heteroatoms. The molecule has 2 aliphatic carbocycles. The van der Waals surface area contributed by atoms with Gasteiger partial charge in [-0.3, -0.25) is 4.79 Å². The van der Waals surface area contributed by atoms with Crippen LogP contribution in [0, 0.1) is 34.5 Å². The molecule has 0 heterocycles. The van der Waals surface area contributed by atoms with Crippen LogP contribution in [0.5, 0.6) is 0 Å². The topological polar surface area (TPSA) is 17.1 Å². The van der Waals surface area contributed by atoms with Gasteiger partial charge in [0.15, 0.2) is 0 Å². The van der Waals surface area contributed by atoms with Crippen molar-refractivity contribution in [3.05, 3.63) is 0 Å². The second kappa shape index (κ2) is 6.05. The average Bonchev–Trinajstić information content (AvgIpc) is 2.36. The molecular weight excluding hydrogens is 256 g/mol. The minimum atomic E-state index is 0.254. The van der Waals surface area contributed by atoms with Crippen LogP contribution in [0.1, 0.15) is 86.5 Å². The third kappa shape index (κ3) is 3.08. The number of hydrogen-bond acceptors (Lipinski definition) is 1. The van der Waals surface area contributed by atoms with Crippen LogP contribution in [0.2, 0.25) is 0 Å². The van der Waals surface area contributed by atoms with Crippen molar-refractivity contribution < 1.29 is 4.79 Å². The zero-order valence-electron chi connectivity index (χ0n) is 15.2. The Labute approximate surface area is 132 Å². The Balaban J connectivity index is 2.27. The van der Waals surface area contributed by atoms with Crippen molar-refractivity contribution in [2.45, 2.75) is 86.5 Å². The largest absolute Gasteiger partial charge is 0.299 e. The smallest absolute Gasteiger partial charge is 0.137 e. The van der Waals surface area contributed by atoms with Gasteiger partial charge < -0.3 is 0 Å². The molecule has 2 fully saturated rings. The lowest BCUT2D eigenvalue weighted by Crippen LogP contribution is -2.53. The SMILES string of the molecule is CC[C@@H](C)CC(=O)[C@H]1[C@@H](C)CC[C@H]2C(C)(C)CCC[C@]12C. The van der Waals surface area contributed by atoms with Crippen molar-refractivity contribution >= 4 is 5.78 Å². The highest BCUT2D eigenvalue weighted by Crippen LogP contribution is 2.61. The zero-order chi connectivity index (χ0) is 15.8. The van der Waals surface area contributed by atoms with E-state index in [0.29, 0.717) is 29.0 Å². The van der Waals surface area contributed by atoms with Crippen LogP contribution < -0.4 is 0 Å². The van der Waals surface area contributed by atoms with E-state index in [0.717, 1.165) is 18.8 Å². The summed E-state index contributed by atoms with van der Waals surface area (Å²) in [6, 6.07) is 0. The minimum absolute atomic E-state index is 0.254. The summed E-state index contributed by atoms with van der Waals surface area (Å²) in [6.45, 7) is 14.1. The number of carbonyl (C=O) groups excluding carboxylic acids is 1. The Morgan fingerprint density at radius 3 is 2.48 bits per heavy atom. The predicted octanol–water partition coefficient (Wildman–Crippen LogP) is 5.87. The van der Waals surface area contributed by atoms with Gasteiger partial charge >= 0.3 is 0 Å². The zero-order valence-corrected chi connectivity index (χ0v) is 15.2. The van der Waals surface area contributed by atoms with E-state index in [-0.39, 0.29) is 5.41 Å². The van der Waals surface area contributed by atoms with Crippen molar-refractivity contribution in [2.24, 2.45) is 34.5 Å². The van der Waals surface area contributed by atoms with E-state index in [2.05, 4.69) is 41.5 Å². The quantitative estimate of drug-likeness (QED) is 0.633. The molecule has 21 heavy (non-hydrogen) atoms. The van der Waals surface area contributed by atoms with Crippen molar-refractivity contribution in [2.75, 3.05) is 0 Å². The molecule has 1 nitrogen and oxygen atoms in total. The first-order valence-electron chi connectivity index (χ1n) is 9.25. The lowest BCUT2D eigenvalue weighted by Gasteiger charge is -2.58. The highest BCUT2D eigenvalue weighted by atomic mass is 16.1. The number of rotatable bonds is 4. The molecule has 2 aliphatic rings. The fraction of sp³-hybridized carbons (Fsp3) is 0.950. The van der Waals surface area contributed by atoms with Gasteiger partial charge in [0.05, 0.1) is 0 Å². The van der Waals surface area contributed by atoms with Gasteiger partial charge in [-0.25, -0.2) is 0 Å². The standard InChI is InChI=1S/C20H36O/c1-7-14(2)13-16(21)18-15(3)9-10-17-19(4,5)11-8-12-20(17,18)6/h14-15,17-18H,7-13H2,1-6H3/t14-,15+,17+,18-,20+/m1/s1. The normalized spacial score (nSPS) is 40.4. The third-order valence-electron chi connectivity index (χ3n) is 7.06. The van der Waals surface area contributed by atoms with Gasteiger partial charge in [0, 0.05) is 12.3 Å². The van der Waals surface area contributed by atoms with Gasteiger partial charge in [0.1, 0.15) is 5.78 Å². The van der Waals surface area contributed by atoms with E-state index < -0.39 is 0 Å². The van der Waals surface area contributed by atoms with E-state index in [4.69, 9.17) is 0 Å². The second-order valence-electron chi connectivity index (χ2n) is 9.12. The number of ketones is 1. The molecule has 0 bridgehead atoms. The monoisotopic (exact) mass is 292 g/mol. The van der Waals surface area contributed by atoms with Crippen LogP contribution in [0.3, 0.4) is 0 Å². The van der Waals surface area contributed by atoms with Gasteiger partial charge in [-0.15, -0.1) is 0 Å². The molecule has 0 aromatic carbocycles. The van der Waals surface area contributed by atoms with Crippen LogP contribution >= 0.6 is 0 Å². The van der Waals surface area contributed by atoms with Gasteiger partial charge in [-0.2, -0.15) is 0 Å². The molecule has 2 saturated carbocycles. The maximum Gasteiger partial charge on any atom is 0.137 e. The van der Waals surface area contributed by atoms with Crippen molar-refractivity contribution in [1.29, 1.82) is 0 Å². The molecule has 2 rings (SSSR count). The van der Waals surface area contributed by atoms with Gasteiger partial charge in [0.25, 0.3) is 0 Å². The van der Waals surface area contributed by atoms with Crippen LogP contribution in [0.25, 0.3) is 0 Å². The number of hydrogen-bond donors (Lipinski definition) is 0. The summed E-state index contributed by atoms with van der Waals surface area (Å²) in [4.78, 5) is 13.0. The lowest BCUT2D eigenvalue weighted by molar-refractivity contribution is -0.145.